The van der Waals surface area contributed by atoms with Crippen LogP contribution in [0.4, 0.5) is 11.4 Å². The summed E-state index contributed by atoms with van der Waals surface area (Å²) in [5, 5.41) is 0. The Balaban J connectivity index is 1.12. The molecule has 1 aliphatic carbocycles. The van der Waals surface area contributed by atoms with Crippen LogP contribution in [0.2, 0.25) is 0 Å². The molecule has 3 aromatic carbocycles. The quantitative estimate of drug-likeness (QED) is 0.194. The molecule has 50 heavy (non-hydrogen) atoms. The van der Waals surface area contributed by atoms with Crippen LogP contribution in [0.15, 0.2) is 66.7 Å². The van der Waals surface area contributed by atoms with E-state index in [0.29, 0.717) is 12.3 Å². The van der Waals surface area contributed by atoms with Gasteiger partial charge in [0.1, 0.15) is 0 Å². The van der Waals surface area contributed by atoms with Crippen LogP contribution in [-0.2, 0) is 4.79 Å². The number of hydrogen-bond donors (Lipinski definition) is 0. The number of amides is 2. The monoisotopic (exact) mass is 674 g/mol. The summed E-state index contributed by atoms with van der Waals surface area (Å²) in [5.41, 5.74) is 7.78. The van der Waals surface area contributed by atoms with Gasteiger partial charge in [-0.1, -0.05) is 36.4 Å². The van der Waals surface area contributed by atoms with E-state index in [-0.39, 0.29) is 35.5 Å². The molecule has 0 bridgehead atoms. The Kier molecular flexibility index (Phi) is 10.3. The highest BCUT2D eigenvalue weighted by molar-refractivity contribution is 6.00. The minimum absolute atomic E-state index is 0.0733. The van der Waals surface area contributed by atoms with Gasteiger partial charge in [0.25, 0.3) is 5.91 Å². The van der Waals surface area contributed by atoms with Crippen molar-refractivity contribution in [3.05, 3.63) is 94.5 Å². The van der Waals surface area contributed by atoms with E-state index < -0.39 is 0 Å². The Morgan fingerprint density at radius 3 is 2.38 bits per heavy atom. The van der Waals surface area contributed by atoms with Crippen molar-refractivity contribution in [1.82, 2.24) is 9.80 Å². The molecule has 3 heterocycles. The Hall–Kier alpha value is -4.13. The third-order valence-corrected chi connectivity index (χ3v) is 12.2. The summed E-state index contributed by atoms with van der Waals surface area (Å²) in [6.45, 7) is 6.70. The molecule has 2 amide bonds. The van der Waals surface area contributed by atoms with E-state index in [1.807, 2.05) is 53.1 Å². The molecule has 0 radical (unpaired) electrons. The minimum atomic E-state index is -0.0733. The van der Waals surface area contributed by atoms with Crippen LogP contribution in [0.5, 0.6) is 0 Å². The molecule has 4 atom stereocenters. The third kappa shape index (κ3) is 7.06. The van der Waals surface area contributed by atoms with Gasteiger partial charge in [-0.05, 0) is 124 Å². The fourth-order valence-corrected chi connectivity index (χ4v) is 8.94. The van der Waals surface area contributed by atoms with E-state index in [1.165, 1.54) is 22.4 Å². The van der Waals surface area contributed by atoms with Gasteiger partial charge in [0.15, 0.2) is 5.78 Å². The summed E-state index contributed by atoms with van der Waals surface area (Å²) in [5.74, 6) is 1.04. The molecular weight excluding hydrogens is 620 g/mol. The van der Waals surface area contributed by atoms with E-state index in [1.54, 1.807) is 0 Å². The minimum Gasteiger partial charge on any atom is -0.378 e. The maximum absolute atomic E-state index is 14.1. The Bertz CT molecular complexity index is 1720. The lowest BCUT2D eigenvalue weighted by Gasteiger charge is -2.42. The predicted molar refractivity (Wildman–Crippen MR) is 201 cm³/mol. The lowest BCUT2D eigenvalue weighted by atomic mass is 9.64. The number of ketones is 1. The molecule has 4 fully saturated rings. The van der Waals surface area contributed by atoms with Gasteiger partial charge < -0.3 is 19.6 Å². The molecule has 1 saturated carbocycles. The number of carbonyl (C=O) groups excluding carboxylic acids is 3. The van der Waals surface area contributed by atoms with Gasteiger partial charge in [-0.25, -0.2) is 0 Å². The highest BCUT2D eigenvalue weighted by Gasteiger charge is 2.41. The average Bonchev–Trinajstić information content (AvgIpc) is 3.34. The highest BCUT2D eigenvalue weighted by Crippen LogP contribution is 2.48. The second kappa shape index (κ2) is 15.0. The molecule has 3 aromatic rings. The normalized spacial score (nSPS) is 23.7. The van der Waals surface area contributed by atoms with Crippen molar-refractivity contribution in [2.75, 3.05) is 56.6 Å². The molecule has 0 aromatic heterocycles. The highest BCUT2D eigenvalue weighted by atomic mass is 16.2. The zero-order chi connectivity index (χ0) is 34.8. The molecule has 7 nitrogen and oxygen atoms in total. The third-order valence-electron chi connectivity index (χ3n) is 12.2. The van der Waals surface area contributed by atoms with Gasteiger partial charge in [-0.15, -0.1) is 0 Å². The van der Waals surface area contributed by atoms with Crippen LogP contribution in [-0.4, -0.2) is 80.3 Å². The van der Waals surface area contributed by atoms with Gasteiger partial charge in [0, 0.05) is 87.7 Å². The van der Waals surface area contributed by atoms with Crippen LogP contribution < -0.4 is 9.80 Å². The second-order valence-electron chi connectivity index (χ2n) is 15.4. The van der Waals surface area contributed by atoms with Crippen molar-refractivity contribution in [1.29, 1.82) is 0 Å². The van der Waals surface area contributed by atoms with E-state index in [9.17, 15) is 14.4 Å². The van der Waals surface area contributed by atoms with Crippen LogP contribution in [0.3, 0.4) is 0 Å². The van der Waals surface area contributed by atoms with Crippen LogP contribution in [0, 0.1) is 12.8 Å². The molecule has 264 valence electrons. The maximum Gasteiger partial charge on any atom is 0.254 e. The first-order valence-corrected chi connectivity index (χ1v) is 19.1. The van der Waals surface area contributed by atoms with E-state index >= 15 is 0 Å². The Morgan fingerprint density at radius 1 is 0.800 bits per heavy atom. The molecule has 7 rings (SSSR count). The molecule has 4 aliphatic rings. The summed E-state index contributed by atoms with van der Waals surface area (Å²) in [6.07, 6.45) is 9.66. The summed E-state index contributed by atoms with van der Waals surface area (Å²) < 4.78 is 0. The lowest BCUT2D eigenvalue weighted by Crippen LogP contribution is -2.51. The summed E-state index contributed by atoms with van der Waals surface area (Å²) >= 11 is 0. The topological polar surface area (TPSA) is 64.2 Å². The molecular formula is C43H54N4O3. The molecule has 0 N–H and O–H groups in total. The lowest BCUT2D eigenvalue weighted by molar-refractivity contribution is -0.127. The first-order chi connectivity index (χ1) is 24.3. The number of benzene rings is 3. The number of likely N-dealkylation sites (tertiary alicyclic amines) is 2. The van der Waals surface area contributed by atoms with Crippen molar-refractivity contribution < 1.29 is 14.4 Å². The number of Topliss-reactive ketones (excluding diaryl/α,β-unsaturated/α-hetero) is 1. The predicted octanol–water partition coefficient (Wildman–Crippen LogP) is 7.83. The number of hydrogen-bond acceptors (Lipinski definition) is 5. The Morgan fingerprint density at radius 2 is 1.66 bits per heavy atom. The summed E-state index contributed by atoms with van der Waals surface area (Å²) in [6, 6.07) is 23.4. The first kappa shape index (κ1) is 34.3. The van der Waals surface area contributed by atoms with Crippen molar-refractivity contribution in [3.8, 4) is 0 Å². The summed E-state index contributed by atoms with van der Waals surface area (Å²) in [7, 11) is 4.02. The molecule has 7 heteroatoms. The number of rotatable bonds is 11. The van der Waals surface area contributed by atoms with E-state index in [0.717, 1.165) is 107 Å². The van der Waals surface area contributed by atoms with Crippen molar-refractivity contribution >= 4 is 29.0 Å². The molecule has 3 saturated heterocycles. The first-order valence-electron chi connectivity index (χ1n) is 19.1. The fourth-order valence-electron chi connectivity index (χ4n) is 8.94. The van der Waals surface area contributed by atoms with Crippen LogP contribution in [0.1, 0.15) is 113 Å². The number of para-hydroxylation sites is 1. The summed E-state index contributed by atoms with van der Waals surface area (Å²) in [4.78, 5) is 48.9. The zero-order valence-corrected chi connectivity index (χ0v) is 30.3. The van der Waals surface area contributed by atoms with Gasteiger partial charge in [0.05, 0.1) is 0 Å². The maximum atomic E-state index is 14.1. The number of aryl methyl sites for hydroxylation is 1. The van der Waals surface area contributed by atoms with Crippen LogP contribution >= 0.6 is 0 Å². The number of anilines is 2. The van der Waals surface area contributed by atoms with Crippen molar-refractivity contribution in [3.63, 3.8) is 0 Å². The zero-order valence-electron chi connectivity index (χ0n) is 30.3. The van der Waals surface area contributed by atoms with E-state index in [4.69, 9.17) is 0 Å². The van der Waals surface area contributed by atoms with Gasteiger partial charge >= 0.3 is 0 Å². The average molecular weight is 675 g/mol. The smallest absolute Gasteiger partial charge is 0.254 e. The fraction of sp³-hybridized carbons (Fsp3) is 0.512. The standard InChI is InChI=1S/C43H54N4O3/c1-30-10-4-5-15-40(30)45-23-7-12-31(21-26-45)36-18-17-33(43(50)47-27-22-34(47)14-8-24-46-25-9-16-41(46)48)29-39(36)37-19-20-38(37)42(49)32-11-6-13-35(28-32)44(2)3/h4-6,10-11,13,15,17-18,28-29,31,34,37-38H,7-9,12,14,16,19-27H2,1-3H3/t31?,34?,37?,38-/m0/s1. The molecule has 3 unspecified atom stereocenters. The number of carbonyl (C=O) groups is 3. The van der Waals surface area contributed by atoms with Crippen LogP contribution in [0.25, 0.3) is 0 Å². The van der Waals surface area contributed by atoms with Gasteiger partial charge in [-0.3, -0.25) is 14.4 Å². The Labute approximate surface area is 298 Å². The van der Waals surface area contributed by atoms with Gasteiger partial charge in [0.2, 0.25) is 5.91 Å². The van der Waals surface area contributed by atoms with Crippen molar-refractivity contribution in [2.24, 2.45) is 5.92 Å². The molecule has 3 aliphatic heterocycles. The molecule has 0 spiro atoms. The largest absolute Gasteiger partial charge is 0.378 e. The SMILES string of the molecule is Cc1ccccc1N1CCCC(c2ccc(C(=O)N3CCC3CCCN3CCCC3=O)cc2C2CC[C@@H]2C(=O)c2cccc(N(C)C)c2)CC1. The second-order valence-corrected chi connectivity index (χ2v) is 15.4. The van der Waals surface area contributed by atoms with Crippen molar-refractivity contribution in [2.45, 2.75) is 89.0 Å². The van der Waals surface area contributed by atoms with Gasteiger partial charge in [-0.2, -0.15) is 0 Å². The number of nitrogens with zero attached hydrogens (tertiary/aromatic N) is 4. The van der Waals surface area contributed by atoms with E-state index in [2.05, 4.69) is 54.3 Å².